The molecule has 1 fully saturated rings. The fourth-order valence-corrected chi connectivity index (χ4v) is 6.06. The third-order valence-corrected chi connectivity index (χ3v) is 8.13. The van der Waals surface area contributed by atoms with E-state index < -0.39 is 12.1 Å². The van der Waals surface area contributed by atoms with Gasteiger partial charge >= 0.3 is 5.97 Å². The Morgan fingerprint density at radius 3 is 2.81 bits per heavy atom. The Hall–Kier alpha value is -2.71. The monoisotopic (exact) mass is 511 g/mol. The predicted octanol–water partition coefficient (Wildman–Crippen LogP) is 6.02. The molecule has 1 aliphatic rings. The van der Waals surface area contributed by atoms with Crippen molar-refractivity contribution in [2.45, 2.75) is 43.2 Å². The maximum Gasteiger partial charge on any atom is 0.303 e. The van der Waals surface area contributed by atoms with Crippen LogP contribution in [0.3, 0.4) is 0 Å². The highest BCUT2D eigenvalue weighted by atomic mass is 32.2. The van der Waals surface area contributed by atoms with Gasteiger partial charge in [0.15, 0.2) is 0 Å². The summed E-state index contributed by atoms with van der Waals surface area (Å²) in [7, 11) is 1.60. The lowest BCUT2D eigenvalue weighted by atomic mass is 9.79. The van der Waals surface area contributed by atoms with Crippen molar-refractivity contribution in [2.24, 2.45) is 11.8 Å². The van der Waals surface area contributed by atoms with E-state index >= 15 is 4.39 Å². The second-order valence-corrected chi connectivity index (χ2v) is 10.6. The molecule has 2 aromatic heterocycles. The lowest BCUT2D eigenvalue weighted by Gasteiger charge is -2.39. The van der Waals surface area contributed by atoms with Crippen LogP contribution in [0, 0.1) is 11.8 Å². The molecule has 6 nitrogen and oxygen atoms in total. The normalized spacial score (nSPS) is 19.3. The quantitative estimate of drug-likeness (QED) is 0.298. The van der Waals surface area contributed by atoms with Crippen molar-refractivity contribution in [1.82, 2.24) is 14.9 Å². The van der Waals surface area contributed by atoms with Crippen LogP contribution in [0.2, 0.25) is 0 Å². The van der Waals surface area contributed by atoms with Gasteiger partial charge in [-0.25, -0.2) is 4.39 Å². The van der Waals surface area contributed by atoms with Gasteiger partial charge in [-0.2, -0.15) is 0 Å². The number of alkyl halides is 1. The molecule has 0 spiro atoms. The van der Waals surface area contributed by atoms with Crippen molar-refractivity contribution >= 4 is 28.6 Å². The number of benzene rings is 1. The molecule has 8 heteroatoms. The van der Waals surface area contributed by atoms with Crippen molar-refractivity contribution in [3.63, 3.8) is 0 Å². The minimum absolute atomic E-state index is 0.161. The minimum atomic E-state index is -1.10. The van der Waals surface area contributed by atoms with Crippen molar-refractivity contribution < 1.29 is 19.0 Å². The van der Waals surface area contributed by atoms with Crippen LogP contribution in [-0.4, -0.2) is 58.4 Å². The summed E-state index contributed by atoms with van der Waals surface area (Å²) in [5.74, 6) is 1.49. The Morgan fingerprint density at radius 1 is 1.19 bits per heavy atom. The van der Waals surface area contributed by atoms with E-state index in [1.165, 1.54) is 4.90 Å². The van der Waals surface area contributed by atoms with E-state index in [0.717, 1.165) is 49.1 Å². The molecular weight excluding hydrogens is 477 g/mol. The molecule has 1 aliphatic heterocycles. The molecular formula is C28H34FN3O3S. The number of hydrogen-bond acceptors (Lipinski definition) is 6. The lowest BCUT2D eigenvalue weighted by molar-refractivity contribution is -0.137. The summed E-state index contributed by atoms with van der Waals surface area (Å²) in [6.07, 6.45) is 7.11. The first-order valence-electron chi connectivity index (χ1n) is 12.6. The number of thioether (sulfide) groups is 1. The van der Waals surface area contributed by atoms with Gasteiger partial charge in [0, 0.05) is 54.1 Å². The van der Waals surface area contributed by atoms with Gasteiger partial charge in [0.25, 0.3) is 0 Å². The zero-order chi connectivity index (χ0) is 25.3. The zero-order valence-corrected chi connectivity index (χ0v) is 21.5. The van der Waals surface area contributed by atoms with Crippen LogP contribution in [0.15, 0.2) is 59.9 Å². The van der Waals surface area contributed by atoms with Gasteiger partial charge < -0.3 is 14.7 Å². The van der Waals surface area contributed by atoms with E-state index in [1.807, 2.05) is 42.1 Å². The first kappa shape index (κ1) is 26.4. The Bertz CT molecular complexity index is 1130. The van der Waals surface area contributed by atoms with Crippen LogP contribution in [0.5, 0.6) is 5.75 Å². The summed E-state index contributed by atoms with van der Waals surface area (Å²) in [6, 6.07) is 11.3. The van der Waals surface area contributed by atoms with Crippen LogP contribution in [-0.2, 0) is 4.79 Å². The number of carboxylic acids is 1. The maximum atomic E-state index is 15.5. The Kier molecular flexibility index (Phi) is 9.53. The highest BCUT2D eigenvalue weighted by molar-refractivity contribution is 7.99. The molecule has 3 aromatic rings. The summed E-state index contributed by atoms with van der Waals surface area (Å²) in [5.41, 5.74) is 1.40. The van der Waals surface area contributed by atoms with Crippen LogP contribution in [0.4, 0.5) is 4.39 Å². The number of fused-ring (bicyclic) bond motifs is 1. The smallest absolute Gasteiger partial charge is 0.303 e. The van der Waals surface area contributed by atoms with Crippen molar-refractivity contribution in [1.29, 1.82) is 0 Å². The molecule has 3 heterocycles. The molecule has 1 saturated heterocycles. The average Bonchev–Trinajstić information content (AvgIpc) is 2.91. The van der Waals surface area contributed by atoms with Gasteiger partial charge in [-0.3, -0.25) is 14.8 Å². The summed E-state index contributed by atoms with van der Waals surface area (Å²) in [5, 5.41) is 10.1. The molecule has 4 rings (SSSR count). The zero-order valence-electron chi connectivity index (χ0n) is 20.7. The fourth-order valence-electron chi connectivity index (χ4n) is 5.16. The van der Waals surface area contributed by atoms with E-state index in [2.05, 4.69) is 14.9 Å². The first-order chi connectivity index (χ1) is 17.5. The number of hydrogen-bond donors (Lipinski definition) is 1. The third-order valence-electron chi connectivity index (χ3n) is 7.14. The predicted molar refractivity (Wildman–Crippen MR) is 141 cm³/mol. The second-order valence-electron chi connectivity index (χ2n) is 9.40. The van der Waals surface area contributed by atoms with Gasteiger partial charge in [0.2, 0.25) is 0 Å². The number of aliphatic carboxylic acids is 1. The van der Waals surface area contributed by atoms with Gasteiger partial charge in [-0.15, -0.1) is 11.8 Å². The molecule has 36 heavy (non-hydrogen) atoms. The van der Waals surface area contributed by atoms with Gasteiger partial charge in [-0.1, -0.05) is 0 Å². The summed E-state index contributed by atoms with van der Waals surface area (Å²) < 4.78 is 20.8. The van der Waals surface area contributed by atoms with Gasteiger partial charge in [0.05, 0.1) is 12.6 Å². The maximum absolute atomic E-state index is 15.5. The molecule has 0 amide bonds. The fraction of sp³-hybridized carbons (Fsp3) is 0.464. The van der Waals surface area contributed by atoms with Crippen molar-refractivity contribution in [2.75, 3.05) is 32.5 Å². The molecule has 0 aliphatic carbocycles. The molecule has 0 saturated carbocycles. The molecule has 1 aromatic carbocycles. The number of piperidine rings is 1. The lowest BCUT2D eigenvalue weighted by Crippen LogP contribution is -2.41. The van der Waals surface area contributed by atoms with Crippen LogP contribution in [0.1, 0.15) is 43.8 Å². The number of methoxy groups -OCH3 is 1. The molecule has 192 valence electrons. The van der Waals surface area contributed by atoms with E-state index in [0.29, 0.717) is 30.1 Å². The van der Waals surface area contributed by atoms with E-state index in [4.69, 9.17) is 4.74 Å². The Morgan fingerprint density at radius 2 is 2.03 bits per heavy atom. The van der Waals surface area contributed by atoms with Crippen molar-refractivity contribution in [3.05, 3.63) is 60.6 Å². The number of rotatable bonds is 12. The minimum Gasteiger partial charge on any atom is -0.497 e. The first-order valence-corrected chi connectivity index (χ1v) is 13.6. The number of aromatic nitrogens is 2. The number of halogens is 1. The molecule has 2 unspecified atom stereocenters. The molecule has 0 radical (unpaired) electrons. The summed E-state index contributed by atoms with van der Waals surface area (Å²) in [4.78, 5) is 23.4. The number of carbonyl (C=O) groups is 1. The average molecular weight is 512 g/mol. The number of carboxylic acid groups (broad SMARTS) is 1. The molecule has 1 N–H and O–H groups in total. The number of pyridine rings is 2. The topological polar surface area (TPSA) is 75.5 Å². The third kappa shape index (κ3) is 7.17. The number of nitrogens with zero attached hydrogens (tertiary/aromatic N) is 3. The number of ether oxygens (including phenoxy) is 1. The number of likely N-dealkylation sites (tertiary alicyclic amines) is 1. The standard InChI is InChI=1S/C28H34FN3O3S/c1-35-22-4-6-27-25(18-22)24(10-14-31-27)26(29)5-2-20-11-15-32(19-21(20)3-7-28(33)34)16-17-36-23-8-12-30-13-9-23/h4,6,8-10,12-14,18,20-21,26H,2-3,5,7,11,15-17,19H2,1H3,(H,33,34)/t20?,21?,26-/m0/s1. The molecule has 0 bridgehead atoms. The summed E-state index contributed by atoms with van der Waals surface area (Å²) in [6.45, 7) is 2.80. The SMILES string of the molecule is COc1ccc2nccc([C@@H](F)CCC3CCN(CCSc4ccncc4)CC3CCC(=O)O)c2c1. The van der Waals surface area contributed by atoms with Crippen LogP contribution in [0.25, 0.3) is 10.9 Å². The van der Waals surface area contributed by atoms with E-state index in [1.54, 1.807) is 31.8 Å². The highest BCUT2D eigenvalue weighted by Crippen LogP contribution is 2.36. The Balaban J connectivity index is 1.35. The van der Waals surface area contributed by atoms with Crippen LogP contribution < -0.4 is 4.74 Å². The van der Waals surface area contributed by atoms with Gasteiger partial charge in [-0.05, 0) is 86.0 Å². The van der Waals surface area contributed by atoms with E-state index in [9.17, 15) is 9.90 Å². The van der Waals surface area contributed by atoms with Crippen LogP contribution >= 0.6 is 11.8 Å². The van der Waals surface area contributed by atoms with Gasteiger partial charge in [0.1, 0.15) is 11.9 Å². The molecule has 3 atom stereocenters. The van der Waals surface area contributed by atoms with E-state index in [-0.39, 0.29) is 12.3 Å². The Labute approximate surface area is 216 Å². The summed E-state index contributed by atoms with van der Waals surface area (Å²) >= 11 is 1.81. The van der Waals surface area contributed by atoms with Crippen molar-refractivity contribution in [3.8, 4) is 5.75 Å². The second kappa shape index (κ2) is 13.0. The highest BCUT2D eigenvalue weighted by Gasteiger charge is 2.30. The largest absolute Gasteiger partial charge is 0.497 e.